The molecule has 0 radical (unpaired) electrons. The molecule has 2 aromatic rings. The first-order valence-electron chi connectivity index (χ1n) is 6.39. The zero-order chi connectivity index (χ0) is 15.6. The van der Waals surface area contributed by atoms with Gasteiger partial charge in [-0.1, -0.05) is 28.1 Å². The van der Waals surface area contributed by atoms with E-state index in [-0.39, 0.29) is 12.0 Å². The third-order valence-electron chi connectivity index (χ3n) is 3.31. The lowest BCUT2D eigenvalue weighted by Crippen LogP contribution is -2.07. The first-order valence-corrected chi connectivity index (χ1v) is 7.18. The highest BCUT2D eigenvalue weighted by molar-refractivity contribution is 9.10. The molecule has 1 N–H and O–H groups in total. The Bertz CT molecular complexity index is 659. The van der Waals surface area contributed by atoms with Crippen molar-refractivity contribution in [1.82, 2.24) is 0 Å². The van der Waals surface area contributed by atoms with Crippen molar-refractivity contribution in [2.24, 2.45) is 0 Å². The molecule has 0 saturated heterocycles. The molecule has 1 unspecified atom stereocenters. The quantitative estimate of drug-likeness (QED) is 0.883. The Kier molecular flexibility index (Phi) is 4.96. The van der Waals surface area contributed by atoms with Crippen LogP contribution in [0.2, 0.25) is 0 Å². The average molecular weight is 357 g/mol. The third kappa shape index (κ3) is 3.41. The molecule has 0 bridgehead atoms. The molecule has 0 aliphatic rings. The van der Waals surface area contributed by atoms with Crippen LogP contribution in [0.1, 0.15) is 22.8 Å². The maximum atomic E-state index is 13.7. The van der Waals surface area contributed by atoms with Gasteiger partial charge in [-0.05, 0) is 36.2 Å². The molecular formula is C16H15BrF2O2. The van der Waals surface area contributed by atoms with E-state index in [0.29, 0.717) is 11.3 Å². The summed E-state index contributed by atoms with van der Waals surface area (Å²) in [5.74, 6) is -1.33. The predicted octanol–water partition coefficient (Wildman–Crippen LogP) is 4.32. The van der Waals surface area contributed by atoms with Crippen LogP contribution in [0.5, 0.6) is 5.75 Å². The van der Waals surface area contributed by atoms with E-state index in [4.69, 9.17) is 4.74 Å². The number of aliphatic hydroxyl groups is 1. The highest BCUT2D eigenvalue weighted by Gasteiger charge is 2.18. The standard InChI is InChI=1S/C16H15BrF2O2/c1-9-6-15(21-2)11(8-12(9)17)14(20)7-10-4-3-5-13(18)16(10)19/h3-6,8,14,20H,7H2,1-2H3. The fourth-order valence-corrected chi connectivity index (χ4v) is 2.49. The zero-order valence-corrected chi connectivity index (χ0v) is 13.2. The van der Waals surface area contributed by atoms with Gasteiger partial charge in [0.1, 0.15) is 5.75 Å². The van der Waals surface area contributed by atoms with E-state index >= 15 is 0 Å². The summed E-state index contributed by atoms with van der Waals surface area (Å²) < 4.78 is 32.9. The molecule has 1 atom stereocenters. The maximum Gasteiger partial charge on any atom is 0.162 e. The van der Waals surface area contributed by atoms with Gasteiger partial charge in [-0.15, -0.1) is 0 Å². The Morgan fingerprint density at radius 2 is 2.00 bits per heavy atom. The monoisotopic (exact) mass is 356 g/mol. The Balaban J connectivity index is 2.34. The Morgan fingerprint density at radius 1 is 1.29 bits per heavy atom. The van der Waals surface area contributed by atoms with Crippen molar-refractivity contribution in [3.8, 4) is 5.75 Å². The number of ether oxygens (including phenoxy) is 1. The summed E-state index contributed by atoms with van der Waals surface area (Å²) in [6.07, 6.45) is -1.02. The van der Waals surface area contributed by atoms with Gasteiger partial charge in [0.05, 0.1) is 13.2 Å². The minimum atomic E-state index is -0.992. The topological polar surface area (TPSA) is 29.5 Å². The van der Waals surface area contributed by atoms with Crippen LogP contribution < -0.4 is 4.74 Å². The highest BCUT2D eigenvalue weighted by atomic mass is 79.9. The van der Waals surface area contributed by atoms with E-state index in [0.717, 1.165) is 16.1 Å². The summed E-state index contributed by atoms with van der Waals surface area (Å²) in [7, 11) is 1.50. The first-order chi connectivity index (χ1) is 9.93. The van der Waals surface area contributed by atoms with Crippen molar-refractivity contribution in [3.63, 3.8) is 0 Å². The maximum absolute atomic E-state index is 13.7. The largest absolute Gasteiger partial charge is 0.496 e. The molecule has 2 nitrogen and oxygen atoms in total. The molecule has 2 rings (SSSR count). The van der Waals surface area contributed by atoms with Gasteiger partial charge in [-0.25, -0.2) is 8.78 Å². The summed E-state index contributed by atoms with van der Waals surface area (Å²) in [5, 5.41) is 10.3. The molecule has 0 heterocycles. The van der Waals surface area contributed by atoms with E-state index in [2.05, 4.69) is 15.9 Å². The Labute approximate surface area is 130 Å². The highest BCUT2D eigenvalue weighted by Crippen LogP contribution is 2.33. The molecule has 21 heavy (non-hydrogen) atoms. The molecule has 5 heteroatoms. The number of benzene rings is 2. The summed E-state index contributed by atoms with van der Waals surface area (Å²) in [6.45, 7) is 1.90. The molecule has 0 aliphatic heterocycles. The summed E-state index contributed by atoms with van der Waals surface area (Å²) >= 11 is 3.39. The number of hydrogen-bond donors (Lipinski definition) is 1. The van der Waals surface area contributed by atoms with Crippen LogP contribution >= 0.6 is 15.9 Å². The minimum Gasteiger partial charge on any atom is -0.496 e. The molecule has 112 valence electrons. The van der Waals surface area contributed by atoms with Gasteiger partial charge in [-0.3, -0.25) is 0 Å². The molecule has 0 fully saturated rings. The molecule has 0 aromatic heterocycles. The normalized spacial score (nSPS) is 12.3. The Hall–Kier alpha value is -1.46. The second kappa shape index (κ2) is 6.54. The van der Waals surface area contributed by atoms with E-state index < -0.39 is 17.7 Å². The van der Waals surface area contributed by atoms with Crippen LogP contribution in [0, 0.1) is 18.6 Å². The lowest BCUT2D eigenvalue weighted by Gasteiger charge is -2.17. The van der Waals surface area contributed by atoms with Crippen molar-refractivity contribution in [2.75, 3.05) is 7.11 Å². The second-order valence-corrected chi connectivity index (χ2v) is 5.63. The van der Waals surface area contributed by atoms with Crippen molar-refractivity contribution in [1.29, 1.82) is 0 Å². The van der Waals surface area contributed by atoms with Gasteiger partial charge in [0.25, 0.3) is 0 Å². The van der Waals surface area contributed by atoms with Crippen molar-refractivity contribution in [3.05, 3.63) is 63.1 Å². The number of aryl methyl sites for hydroxylation is 1. The van der Waals surface area contributed by atoms with Crippen molar-refractivity contribution in [2.45, 2.75) is 19.4 Å². The van der Waals surface area contributed by atoms with Gasteiger partial charge >= 0.3 is 0 Å². The number of halogens is 3. The van der Waals surface area contributed by atoms with Crippen LogP contribution in [0.15, 0.2) is 34.8 Å². The molecule has 0 amide bonds. The molecule has 0 saturated carbocycles. The van der Waals surface area contributed by atoms with E-state index in [9.17, 15) is 13.9 Å². The number of hydrogen-bond acceptors (Lipinski definition) is 2. The van der Waals surface area contributed by atoms with Gasteiger partial charge in [0.2, 0.25) is 0 Å². The zero-order valence-electron chi connectivity index (χ0n) is 11.7. The van der Waals surface area contributed by atoms with Crippen LogP contribution in [-0.4, -0.2) is 12.2 Å². The first kappa shape index (κ1) is 15.9. The summed E-state index contributed by atoms with van der Waals surface area (Å²) in [4.78, 5) is 0. The van der Waals surface area contributed by atoms with Crippen molar-refractivity contribution >= 4 is 15.9 Å². The summed E-state index contributed by atoms with van der Waals surface area (Å²) in [5.41, 5.74) is 1.61. The van der Waals surface area contributed by atoms with Gasteiger partial charge in [0, 0.05) is 16.5 Å². The fourth-order valence-electron chi connectivity index (χ4n) is 2.13. The Morgan fingerprint density at radius 3 is 2.67 bits per heavy atom. The lowest BCUT2D eigenvalue weighted by molar-refractivity contribution is 0.172. The number of rotatable bonds is 4. The third-order valence-corrected chi connectivity index (χ3v) is 4.17. The molecule has 0 spiro atoms. The second-order valence-electron chi connectivity index (χ2n) is 4.78. The van der Waals surface area contributed by atoms with Crippen molar-refractivity contribution < 1.29 is 18.6 Å². The summed E-state index contributed by atoms with van der Waals surface area (Å²) in [6, 6.07) is 7.44. The SMILES string of the molecule is COc1cc(C)c(Br)cc1C(O)Cc1cccc(F)c1F. The van der Waals surface area contributed by atoms with E-state index in [1.54, 1.807) is 12.1 Å². The molecule has 2 aromatic carbocycles. The van der Waals surface area contributed by atoms with E-state index in [1.165, 1.54) is 19.2 Å². The van der Waals surface area contributed by atoms with Crippen LogP contribution in [0.4, 0.5) is 8.78 Å². The smallest absolute Gasteiger partial charge is 0.162 e. The molecule has 0 aliphatic carbocycles. The lowest BCUT2D eigenvalue weighted by atomic mass is 9.99. The minimum absolute atomic E-state index is 0.0323. The molecular weight excluding hydrogens is 342 g/mol. The fraction of sp³-hybridized carbons (Fsp3) is 0.250. The predicted molar refractivity (Wildman–Crippen MR) is 80.5 cm³/mol. The van der Waals surface area contributed by atoms with E-state index in [1.807, 2.05) is 6.92 Å². The number of methoxy groups -OCH3 is 1. The van der Waals surface area contributed by atoms with Gasteiger partial charge in [0.15, 0.2) is 11.6 Å². The van der Waals surface area contributed by atoms with Gasteiger partial charge < -0.3 is 9.84 Å². The number of aliphatic hydroxyl groups excluding tert-OH is 1. The average Bonchev–Trinajstić information content (AvgIpc) is 2.46. The van der Waals surface area contributed by atoms with Gasteiger partial charge in [-0.2, -0.15) is 0 Å². The van der Waals surface area contributed by atoms with Crippen LogP contribution in [0.25, 0.3) is 0 Å². The van der Waals surface area contributed by atoms with Crippen LogP contribution in [-0.2, 0) is 6.42 Å². The van der Waals surface area contributed by atoms with Crippen LogP contribution in [0.3, 0.4) is 0 Å².